The molecule has 2 amide bonds. The van der Waals surface area contributed by atoms with Gasteiger partial charge < -0.3 is 14.6 Å². The van der Waals surface area contributed by atoms with Crippen molar-refractivity contribution in [1.29, 1.82) is 0 Å². The molecule has 7 heteroatoms. The minimum absolute atomic E-state index is 0.164. The Labute approximate surface area is 186 Å². The van der Waals surface area contributed by atoms with Gasteiger partial charge in [-0.1, -0.05) is 44.7 Å². The number of carbonyl (C=O) groups excluding carboxylic acids is 2. The Bertz CT molecular complexity index is 1020. The van der Waals surface area contributed by atoms with Gasteiger partial charge in [-0.2, -0.15) is 0 Å². The Kier molecular flexibility index (Phi) is 5.41. The summed E-state index contributed by atoms with van der Waals surface area (Å²) in [5.41, 5.74) is 1.15. The van der Waals surface area contributed by atoms with Gasteiger partial charge >= 0.3 is 0 Å². The van der Waals surface area contributed by atoms with E-state index in [1.54, 1.807) is 12.1 Å². The number of thioether (sulfide) groups is 1. The predicted octanol–water partition coefficient (Wildman–Crippen LogP) is 4.65. The number of benzene rings is 2. The number of carbonyl (C=O) groups is 2. The standard InChI is InChI=1S/C24H27NO5S/c1-14-18-12-16(26)7-10-19(18)30-24(4,23(14,2)3)13-29-17-8-5-15(6-9-17)11-20-21(27)25-22(28)31-20/h5-10,12,14,20,26H,11,13H2,1-4H3,(H,25,27,28). The first-order valence-electron chi connectivity index (χ1n) is 10.3. The number of hydrogen-bond acceptors (Lipinski definition) is 6. The Morgan fingerprint density at radius 2 is 1.84 bits per heavy atom. The Morgan fingerprint density at radius 3 is 2.48 bits per heavy atom. The number of ether oxygens (including phenoxy) is 2. The lowest BCUT2D eigenvalue weighted by Crippen LogP contribution is -2.56. The molecular weight excluding hydrogens is 414 g/mol. The van der Waals surface area contributed by atoms with Crippen molar-refractivity contribution in [3.63, 3.8) is 0 Å². The minimum Gasteiger partial charge on any atom is -0.508 e. The van der Waals surface area contributed by atoms with Crippen LogP contribution in [0.3, 0.4) is 0 Å². The van der Waals surface area contributed by atoms with Gasteiger partial charge in [-0.3, -0.25) is 14.9 Å². The lowest BCUT2D eigenvalue weighted by Gasteiger charge is -2.51. The molecule has 2 N–H and O–H groups in total. The van der Waals surface area contributed by atoms with Crippen LogP contribution in [0.15, 0.2) is 42.5 Å². The summed E-state index contributed by atoms with van der Waals surface area (Å²) in [5.74, 6) is 1.66. The number of phenolic OH excluding ortho intramolecular Hbond substituents is 1. The number of rotatable bonds is 5. The molecule has 0 radical (unpaired) electrons. The number of fused-ring (bicyclic) bond motifs is 1. The lowest BCUT2D eigenvalue weighted by molar-refractivity contribution is -0.118. The molecule has 1 saturated heterocycles. The molecule has 0 aliphatic carbocycles. The van der Waals surface area contributed by atoms with Crippen molar-refractivity contribution < 1.29 is 24.2 Å². The van der Waals surface area contributed by atoms with Crippen molar-refractivity contribution in [3.8, 4) is 17.2 Å². The molecule has 6 nitrogen and oxygen atoms in total. The number of amides is 2. The smallest absolute Gasteiger partial charge is 0.286 e. The molecule has 2 aromatic carbocycles. The Balaban J connectivity index is 1.45. The molecule has 2 heterocycles. The molecule has 31 heavy (non-hydrogen) atoms. The fraction of sp³-hybridized carbons (Fsp3) is 0.417. The molecule has 4 rings (SSSR count). The average Bonchev–Trinajstić information content (AvgIpc) is 3.04. The summed E-state index contributed by atoms with van der Waals surface area (Å²) >= 11 is 1.03. The number of imide groups is 1. The highest BCUT2D eigenvalue weighted by atomic mass is 32.2. The maximum absolute atomic E-state index is 11.8. The number of hydrogen-bond donors (Lipinski definition) is 2. The van der Waals surface area contributed by atoms with Crippen molar-refractivity contribution >= 4 is 22.9 Å². The van der Waals surface area contributed by atoms with Gasteiger partial charge in [-0.15, -0.1) is 0 Å². The van der Waals surface area contributed by atoms with Crippen molar-refractivity contribution in [2.24, 2.45) is 5.41 Å². The van der Waals surface area contributed by atoms with Crippen LogP contribution in [0.2, 0.25) is 0 Å². The van der Waals surface area contributed by atoms with Gasteiger partial charge in [0.1, 0.15) is 29.5 Å². The zero-order valence-electron chi connectivity index (χ0n) is 18.1. The van der Waals surface area contributed by atoms with Crippen molar-refractivity contribution in [2.45, 2.75) is 50.9 Å². The van der Waals surface area contributed by atoms with Gasteiger partial charge in [0.2, 0.25) is 5.91 Å². The Hall–Kier alpha value is -2.67. The Morgan fingerprint density at radius 1 is 1.13 bits per heavy atom. The first kappa shape index (κ1) is 21.6. The lowest BCUT2D eigenvalue weighted by atomic mass is 9.64. The first-order valence-corrected chi connectivity index (χ1v) is 11.2. The van der Waals surface area contributed by atoms with Crippen LogP contribution in [0, 0.1) is 5.41 Å². The van der Waals surface area contributed by atoms with Crippen LogP contribution in [-0.4, -0.2) is 33.7 Å². The molecule has 0 spiro atoms. The van der Waals surface area contributed by atoms with Crippen LogP contribution in [0.25, 0.3) is 0 Å². The van der Waals surface area contributed by atoms with E-state index in [4.69, 9.17) is 9.47 Å². The molecule has 3 atom stereocenters. The molecule has 1 fully saturated rings. The summed E-state index contributed by atoms with van der Waals surface area (Å²) in [6.45, 7) is 8.88. The van der Waals surface area contributed by atoms with E-state index in [1.165, 1.54) is 0 Å². The molecule has 2 aliphatic rings. The van der Waals surface area contributed by atoms with Crippen LogP contribution in [0.5, 0.6) is 17.2 Å². The van der Waals surface area contributed by atoms with Crippen LogP contribution in [0.1, 0.15) is 44.7 Å². The van der Waals surface area contributed by atoms with Crippen LogP contribution in [-0.2, 0) is 11.2 Å². The second-order valence-electron chi connectivity index (χ2n) is 9.02. The van der Waals surface area contributed by atoms with Gasteiger partial charge in [0.25, 0.3) is 5.24 Å². The SMILES string of the molecule is CC1c2cc(O)ccc2OC(C)(COc2ccc(CC3SC(=O)NC3=O)cc2)C1(C)C. The number of aromatic hydroxyl groups is 1. The fourth-order valence-corrected chi connectivity index (χ4v) is 4.95. The molecule has 0 bridgehead atoms. The largest absolute Gasteiger partial charge is 0.508 e. The van der Waals surface area contributed by atoms with Crippen LogP contribution < -0.4 is 14.8 Å². The van der Waals surface area contributed by atoms with E-state index in [9.17, 15) is 14.7 Å². The molecular formula is C24H27NO5S. The molecule has 2 aliphatic heterocycles. The van der Waals surface area contributed by atoms with E-state index in [0.717, 1.165) is 28.6 Å². The third-order valence-corrected chi connectivity index (χ3v) is 7.85. The minimum atomic E-state index is -0.575. The highest BCUT2D eigenvalue weighted by molar-refractivity contribution is 8.15. The summed E-state index contributed by atoms with van der Waals surface area (Å²) in [5, 5.41) is 11.5. The zero-order chi connectivity index (χ0) is 22.4. The summed E-state index contributed by atoms with van der Waals surface area (Å²) in [6, 6.07) is 12.8. The normalized spacial score (nSPS) is 26.7. The van der Waals surface area contributed by atoms with Gasteiger partial charge in [0, 0.05) is 11.0 Å². The quantitative estimate of drug-likeness (QED) is 0.703. The van der Waals surface area contributed by atoms with Gasteiger partial charge in [-0.05, 0) is 55.2 Å². The van der Waals surface area contributed by atoms with Gasteiger partial charge in [0.05, 0.1) is 5.25 Å². The van der Waals surface area contributed by atoms with E-state index < -0.39 is 5.60 Å². The van der Waals surface area contributed by atoms with E-state index in [2.05, 4.69) is 33.0 Å². The van der Waals surface area contributed by atoms with Gasteiger partial charge in [0.15, 0.2) is 0 Å². The monoisotopic (exact) mass is 441 g/mol. The highest BCUT2D eigenvalue weighted by Crippen LogP contribution is 2.53. The molecule has 2 aromatic rings. The van der Waals surface area contributed by atoms with Crippen molar-refractivity contribution in [2.75, 3.05) is 6.61 Å². The predicted molar refractivity (Wildman–Crippen MR) is 120 cm³/mol. The average molecular weight is 442 g/mol. The van der Waals surface area contributed by atoms with Crippen molar-refractivity contribution in [1.82, 2.24) is 5.32 Å². The number of nitrogens with one attached hydrogen (secondary N) is 1. The van der Waals surface area contributed by atoms with Crippen molar-refractivity contribution in [3.05, 3.63) is 53.6 Å². The second kappa shape index (κ2) is 7.79. The van der Waals surface area contributed by atoms with Crippen LogP contribution in [0.4, 0.5) is 4.79 Å². The van der Waals surface area contributed by atoms with E-state index in [-0.39, 0.29) is 33.5 Å². The maximum Gasteiger partial charge on any atom is 0.286 e. The first-order chi connectivity index (χ1) is 14.6. The van der Waals surface area contributed by atoms with E-state index in [1.807, 2.05) is 30.3 Å². The van der Waals surface area contributed by atoms with E-state index in [0.29, 0.717) is 18.8 Å². The highest BCUT2D eigenvalue weighted by Gasteiger charge is 2.52. The van der Waals surface area contributed by atoms with Gasteiger partial charge in [-0.25, -0.2) is 0 Å². The molecule has 3 unspecified atom stereocenters. The summed E-state index contributed by atoms with van der Waals surface area (Å²) in [4.78, 5) is 23.1. The third kappa shape index (κ3) is 3.99. The molecule has 164 valence electrons. The van der Waals surface area contributed by atoms with E-state index >= 15 is 0 Å². The molecule has 0 aromatic heterocycles. The summed E-state index contributed by atoms with van der Waals surface area (Å²) in [6.07, 6.45) is 0.498. The summed E-state index contributed by atoms with van der Waals surface area (Å²) < 4.78 is 12.5. The second-order valence-corrected chi connectivity index (χ2v) is 10.2. The van der Waals surface area contributed by atoms with Crippen LogP contribution >= 0.6 is 11.8 Å². The number of phenols is 1. The maximum atomic E-state index is 11.8. The fourth-order valence-electron chi connectivity index (χ4n) is 4.09. The third-order valence-electron chi connectivity index (χ3n) is 6.87. The zero-order valence-corrected chi connectivity index (χ0v) is 18.9. The summed E-state index contributed by atoms with van der Waals surface area (Å²) in [7, 11) is 0. The molecule has 0 saturated carbocycles. The topological polar surface area (TPSA) is 84.9 Å².